The Morgan fingerprint density at radius 3 is 2.79 bits per heavy atom. The van der Waals surface area contributed by atoms with E-state index in [0.717, 1.165) is 22.6 Å². The van der Waals surface area contributed by atoms with Gasteiger partial charge in [0, 0.05) is 5.56 Å². The van der Waals surface area contributed by atoms with Crippen molar-refractivity contribution in [3.05, 3.63) is 58.2 Å². The van der Waals surface area contributed by atoms with Crippen LogP contribution in [0.5, 0.6) is 5.75 Å². The molecule has 6 nitrogen and oxygen atoms in total. The fraction of sp³-hybridized carbons (Fsp3) is 0.0625. The summed E-state index contributed by atoms with van der Waals surface area (Å²) < 4.78 is 17.9. The number of benzene rings is 1. The molecule has 2 heterocycles. The van der Waals surface area contributed by atoms with Gasteiger partial charge in [-0.2, -0.15) is 14.6 Å². The number of carbonyl (C=O) groups is 1. The molecule has 1 aromatic carbocycles. The van der Waals surface area contributed by atoms with Crippen molar-refractivity contribution in [3.63, 3.8) is 0 Å². The van der Waals surface area contributed by atoms with Crippen LogP contribution in [-0.2, 0) is 0 Å². The van der Waals surface area contributed by atoms with E-state index in [1.807, 2.05) is 24.3 Å². The Kier molecular flexibility index (Phi) is 4.66. The summed E-state index contributed by atoms with van der Waals surface area (Å²) in [4.78, 5) is 12.6. The van der Waals surface area contributed by atoms with E-state index < -0.39 is 5.91 Å². The van der Waals surface area contributed by atoms with Crippen LogP contribution >= 0.6 is 11.3 Å². The zero-order valence-electron chi connectivity index (χ0n) is 12.6. The molecule has 0 bridgehead atoms. The highest BCUT2D eigenvalue weighted by Crippen LogP contribution is 2.21. The van der Waals surface area contributed by atoms with Gasteiger partial charge >= 0.3 is 0 Å². The standard InChI is InChI=1S/C16H13FN4O2S/c1-23-11-4-2-10(3-5-11)13-8-14(20-19-13)16(22)21-18-9-12-6-7-15(17)24-12/h2-9H,1H3,(H,19,20)(H,21,22)/b18-9-. The average molecular weight is 344 g/mol. The van der Waals surface area contributed by atoms with Gasteiger partial charge in [0.1, 0.15) is 11.4 Å². The number of aromatic nitrogens is 2. The molecule has 8 heteroatoms. The third kappa shape index (κ3) is 3.66. The van der Waals surface area contributed by atoms with Gasteiger partial charge in [-0.1, -0.05) is 0 Å². The van der Waals surface area contributed by atoms with E-state index in [4.69, 9.17) is 4.74 Å². The van der Waals surface area contributed by atoms with Crippen molar-refractivity contribution in [3.8, 4) is 17.0 Å². The Morgan fingerprint density at radius 1 is 1.33 bits per heavy atom. The zero-order chi connectivity index (χ0) is 16.9. The molecule has 0 aliphatic rings. The molecule has 0 aliphatic carbocycles. The second-order valence-electron chi connectivity index (χ2n) is 4.74. The molecule has 122 valence electrons. The number of methoxy groups -OCH3 is 1. The molecule has 0 spiro atoms. The number of carbonyl (C=O) groups excluding carboxylic acids is 1. The Balaban J connectivity index is 1.65. The number of amides is 1. The average Bonchev–Trinajstić information content (AvgIpc) is 3.24. The summed E-state index contributed by atoms with van der Waals surface area (Å²) in [5.41, 5.74) is 4.12. The molecule has 2 aromatic heterocycles. The van der Waals surface area contributed by atoms with Gasteiger partial charge in [-0.05, 0) is 42.5 Å². The van der Waals surface area contributed by atoms with Gasteiger partial charge in [-0.25, -0.2) is 5.43 Å². The predicted molar refractivity (Wildman–Crippen MR) is 89.9 cm³/mol. The number of H-pyrrole nitrogens is 1. The fourth-order valence-electron chi connectivity index (χ4n) is 1.96. The number of halogens is 1. The third-order valence-electron chi connectivity index (χ3n) is 3.16. The van der Waals surface area contributed by atoms with Gasteiger partial charge in [0.25, 0.3) is 5.91 Å². The van der Waals surface area contributed by atoms with Crippen LogP contribution in [-0.4, -0.2) is 29.4 Å². The number of hydrogen-bond donors (Lipinski definition) is 2. The van der Waals surface area contributed by atoms with Crippen molar-refractivity contribution < 1.29 is 13.9 Å². The molecule has 3 aromatic rings. The lowest BCUT2D eigenvalue weighted by Crippen LogP contribution is -2.17. The minimum Gasteiger partial charge on any atom is -0.497 e. The summed E-state index contributed by atoms with van der Waals surface area (Å²) in [5.74, 6) is 0.308. The summed E-state index contributed by atoms with van der Waals surface area (Å²) >= 11 is 0.942. The predicted octanol–water partition coefficient (Wildman–Crippen LogP) is 3.05. The number of rotatable bonds is 5. The van der Waals surface area contributed by atoms with Crippen LogP contribution in [0.25, 0.3) is 11.3 Å². The van der Waals surface area contributed by atoms with Crippen LogP contribution < -0.4 is 10.2 Å². The molecule has 0 unspecified atom stereocenters. The summed E-state index contributed by atoms with van der Waals surface area (Å²) in [6.07, 6.45) is 1.38. The topological polar surface area (TPSA) is 79.4 Å². The van der Waals surface area contributed by atoms with E-state index in [0.29, 0.717) is 10.6 Å². The molecule has 0 atom stereocenters. The van der Waals surface area contributed by atoms with E-state index in [2.05, 4.69) is 20.7 Å². The maximum atomic E-state index is 12.8. The minimum atomic E-state index is -0.435. The maximum Gasteiger partial charge on any atom is 0.289 e. The van der Waals surface area contributed by atoms with E-state index >= 15 is 0 Å². The first-order valence-electron chi connectivity index (χ1n) is 6.94. The number of hydrazone groups is 1. The monoisotopic (exact) mass is 344 g/mol. The Bertz CT molecular complexity index is 870. The van der Waals surface area contributed by atoms with Crippen LogP contribution in [0.1, 0.15) is 15.4 Å². The van der Waals surface area contributed by atoms with Gasteiger partial charge in [-0.15, -0.1) is 11.3 Å². The van der Waals surface area contributed by atoms with Crippen molar-refractivity contribution in [2.45, 2.75) is 0 Å². The molecule has 3 rings (SSSR count). The molecule has 0 saturated heterocycles. The van der Waals surface area contributed by atoms with Crippen LogP contribution in [0, 0.1) is 5.13 Å². The maximum absolute atomic E-state index is 12.8. The summed E-state index contributed by atoms with van der Waals surface area (Å²) in [7, 11) is 1.59. The Labute approximate surface area is 141 Å². The highest BCUT2D eigenvalue weighted by Gasteiger charge is 2.10. The second kappa shape index (κ2) is 7.05. The lowest BCUT2D eigenvalue weighted by Gasteiger charge is -1.99. The van der Waals surface area contributed by atoms with Crippen molar-refractivity contribution in [2.75, 3.05) is 7.11 Å². The summed E-state index contributed by atoms with van der Waals surface area (Å²) in [6.45, 7) is 0. The van der Waals surface area contributed by atoms with Crippen LogP contribution in [0.4, 0.5) is 4.39 Å². The first kappa shape index (κ1) is 15.9. The third-order valence-corrected chi connectivity index (χ3v) is 3.97. The van der Waals surface area contributed by atoms with Crippen molar-refractivity contribution in [2.24, 2.45) is 5.10 Å². The second-order valence-corrected chi connectivity index (χ2v) is 5.80. The quantitative estimate of drug-likeness (QED) is 0.551. The van der Waals surface area contributed by atoms with E-state index in [1.54, 1.807) is 19.2 Å². The molecule has 24 heavy (non-hydrogen) atoms. The summed E-state index contributed by atoms with van der Waals surface area (Å²) in [6, 6.07) is 11.9. The molecule has 1 amide bonds. The fourth-order valence-corrected chi connectivity index (χ4v) is 2.56. The SMILES string of the molecule is COc1ccc(-c2cc(C(=O)N/N=C\c3ccc(F)s3)[nH]n2)cc1. The lowest BCUT2D eigenvalue weighted by molar-refractivity contribution is 0.0950. The van der Waals surface area contributed by atoms with Gasteiger partial charge in [-0.3, -0.25) is 9.89 Å². The summed E-state index contributed by atoms with van der Waals surface area (Å²) in [5, 5.41) is 10.3. The van der Waals surface area contributed by atoms with Gasteiger partial charge in [0.15, 0.2) is 5.13 Å². The van der Waals surface area contributed by atoms with E-state index in [1.165, 1.54) is 12.3 Å². The number of nitrogens with one attached hydrogen (secondary N) is 2. The van der Waals surface area contributed by atoms with E-state index in [9.17, 15) is 9.18 Å². The van der Waals surface area contributed by atoms with Gasteiger partial charge < -0.3 is 4.74 Å². The number of aromatic amines is 1. The Morgan fingerprint density at radius 2 is 2.12 bits per heavy atom. The molecule has 0 radical (unpaired) electrons. The van der Waals surface area contributed by atoms with Gasteiger partial charge in [0.2, 0.25) is 0 Å². The highest BCUT2D eigenvalue weighted by molar-refractivity contribution is 7.12. The molecule has 0 saturated carbocycles. The van der Waals surface area contributed by atoms with Crippen molar-refractivity contribution in [1.29, 1.82) is 0 Å². The first-order valence-corrected chi connectivity index (χ1v) is 7.76. The lowest BCUT2D eigenvalue weighted by atomic mass is 10.1. The smallest absolute Gasteiger partial charge is 0.289 e. The van der Waals surface area contributed by atoms with Crippen molar-refractivity contribution in [1.82, 2.24) is 15.6 Å². The van der Waals surface area contributed by atoms with Crippen molar-refractivity contribution >= 4 is 23.5 Å². The molecule has 0 aliphatic heterocycles. The number of ether oxygens (including phenoxy) is 1. The van der Waals surface area contributed by atoms with Gasteiger partial charge in [0.05, 0.1) is 23.9 Å². The molecular weight excluding hydrogens is 331 g/mol. The minimum absolute atomic E-state index is 0.273. The largest absolute Gasteiger partial charge is 0.497 e. The first-order chi connectivity index (χ1) is 11.7. The zero-order valence-corrected chi connectivity index (χ0v) is 13.4. The molecule has 2 N–H and O–H groups in total. The number of thiophene rings is 1. The Hall–Kier alpha value is -3.00. The molecular formula is C16H13FN4O2S. The van der Waals surface area contributed by atoms with Crippen LogP contribution in [0.15, 0.2) is 47.6 Å². The molecule has 0 fully saturated rings. The highest BCUT2D eigenvalue weighted by atomic mass is 32.1. The van der Waals surface area contributed by atoms with Crippen LogP contribution in [0.3, 0.4) is 0 Å². The van der Waals surface area contributed by atoms with E-state index in [-0.39, 0.29) is 10.8 Å². The van der Waals surface area contributed by atoms with Crippen LogP contribution in [0.2, 0.25) is 0 Å². The normalized spacial score (nSPS) is 10.9. The number of hydrogen-bond acceptors (Lipinski definition) is 5. The number of nitrogens with zero attached hydrogens (tertiary/aromatic N) is 2.